The lowest BCUT2D eigenvalue weighted by Gasteiger charge is -2.35. The molecule has 1 heterocycles. The summed E-state index contributed by atoms with van der Waals surface area (Å²) in [7, 11) is 2.15. The highest BCUT2D eigenvalue weighted by molar-refractivity contribution is 5.15. The normalized spacial score (nSPS) is 19.6. The minimum absolute atomic E-state index is 0.114. The molecular weight excluding hydrogens is 238 g/mol. The molecular formula is C16H27NO2. The van der Waals surface area contributed by atoms with Crippen LogP contribution in [0.15, 0.2) is 16.7 Å². The van der Waals surface area contributed by atoms with Crippen molar-refractivity contribution in [3.8, 4) is 0 Å². The second-order valence-electron chi connectivity index (χ2n) is 6.25. The van der Waals surface area contributed by atoms with E-state index in [-0.39, 0.29) is 5.41 Å². The van der Waals surface area contributed by atoms with E-state index in [0.29, 0.717) is 6.61 Å². The quantitative estimate of drug-likeness (QED) is 0.829. The first-order valence-corrected chi connectivity index (χ1v) is 7.48. The van der Waals surface area contributed by atoms with Gasteiger partial charge in [-0.3, -0.25) is 0 Å². The molecule has 0 radical (unpaired) electrons. The van der Waals surface area contributed by atoms with Gasteiger partial charge in [-0.15, -0.1) is 0 Å². The van der Waals surface area contributed by atoms with E-state index in [2.05, 4.69) is 11.9 Å². The lowest BCUT2D eigenvalue weighted by atomic mass is 9.80. The maximum atomic E-state index is 9.85. The lowest BCUT2D eigenvalue weighted by molar-refractivity contribution is 0.0662. The fraction of sp³-hybridized carbons (Fsp3) is 0.750. The predicted octanol–water partition coefficient (Wildman–Crippen LogP) is 3.35. The molecule has 1 aliphatic carbocycles. The number of rotatable bonds is 5. The molecule has 3 nitrogen and oxygen atoms in total. The summed E-state index contributed by atoms with van der Waals surface area (Å²) in [6.45, 7) is 4.22. The molecule has 1 fully saturated rings. The van der Waals surface area contributed by atoms with E-state index in [4.69, 9.17) is 4.42 Å². The van der Waals surface area contributed by atoms with E-state index >= 15 is 0 Å². The fourth-order valence-corrected chi connectivity index (χ4v) is 3.34. The number of aliphatic hydroxyl groups is 1. The van der Waals surface area contributed by atoms with E-state index in [1.54, 1.807) is 6.26 Å². The molecule has 0 saturated heterocycles. The molecule has 1 N–H and O–H groups in total. The molecule has 1 saturated carbocycles. The minimum Gasteiger partial charge on any atom is -0.469 e. The maximum Gasteiger partial charge on any atom is 0.105 e. The largest absolute Gasteiger partial charge is 0.469 e. The first-order chi connectivity index (χ1) is 9.15. The van der Waals surface area contributed by atoms with Gasteiger partial charge in [0.25, 0.3) is 0 Å². The van der Waals surface area contributed by atoms with Crippen LogP contribution >= 0.6 is 0 Å². The lowest BCUT2D eigenvalue weighted by Crippen LogP contribution is -2.38. The molecule has 0 aliphatic heterocycles. The number of hydrogen-bond acceptors (Lipinski definition) is 3. The van der Waals surface area contributed by atoms with Crippen LogP contribution < -0.4 is 0 Å². The Morgan fingerprint density at radius 3 is 2.47 bits per heavy atom. The summed E-state index contributed by atoms with van der Waals surface area (Å²) in [5.41, 5.74) is 1.37. The molecule has 1 aliphatic rings. The van der Waals surface area contributed by atoms with E-state index in [1.165, 1.54) is 31.2 Å². The highest BCUT2D eigenvalue weighted by atomic mass is 16.3. The van der Waals surface area contributed by atoms with E-state index < -0.39 is 0 Å². The van der Waals surface area contributed by atoms with Crippen molar-refractivity contribution in [2.45, 2.75) is 52.0 Å². The van der Waals surface area contributed by atoms with E-state index in [1.807, 2.05) is 13.0 Å². The van der Waals surface area contributed by atoms with Crippen LogP contribution in [0, 0.1) is 12.3 Å². The second-order valence-corrected chi connectivity index (χ2v) is 6.25. The highest BCUT2D eigenvalue weighted by Crippen LogP contribution is 2.35. The molecule has 0 unspecified atom stereocenters. The molecule has 3 heteroatoms. The standard InChI is InChI=1S/C16H27NO2/c1-14-15(7-10-19-14)11-17(2)12-16(13-18)8-5-3-4-6-9-16/h7,10,18H,3-6,8-9,11-13H2,1-2H3. The molecule has 19 heavy (non-hydrogen) atoms. The molecule has 0 bridgehead atoms. The van der Waals surface area contributed by atoms with E-state index in [9.17, 15) is 5.11 Å². The Balaban J connectivity index is 1.95. The zero-order valence-corrected chi connectivity index (χ0v) is 12.3. The number of furan rings is 1. The Kier molecular flexibility index (Phi) is 5.06. The van der Waals surface area contributed by atoms with Gasteiger partial charge in [-0.25, -0.2) is 0 Å². The summed E-state index contributed by atoms with van der Waals surface area (Å²) in [6.07, 6.45) is 9.26. The Morgan fingerprint density at radius 1 is 1.26 bits per heavy atom. The van der Waals surface area contributed by atoms with E-state index in [0.717, 1.165) is 31.7 Å². The maximum absolute atomic E-state index is 9.85. The van der Waals surface area contributed by atoms with Gasteiger partial charge in [-0.05, 0) is 32.9 Å². The third-order valence-electron chi connectivity index (χ3n) is 4.51. The van der Waals surface area contributed by atoms with Crippen molar-refractivity contribution in [3.05, 3.63) is 23.7 Å². The van der Waals surface area contributed by atoms with Crippen LogP contribution in [0.3, 0.4) is 0 Å². The average Bonchev–Trinajstić information content (AvgIpc) is 2.66. The Morgan fingerprint density at radius 2 is 1.95 bits per heavy atom. The average molecular weight is 265 g/mol. The van der Waals surface area contributed by atoms with Gasteiger partial charge in [0.05, 0.1) is 6.26 Å². The molecule has 0 amide bonds. The molecule has 2 rings (SSSR count). The van der Waals surface area contributed by atoms with Gasteiger partial charge < -0.3 is 14.4 Å². The van der Waals surface area contributed by atoms with Crippen LogP contribution in [0.1, 0.15) is 49.8 Å². The van der Waals surface area contributed by atoms with Crippen LogP contribution in [0.5, 0.6) is 0 Å². The van der Waals surface area contributed by atoms with Gasteiger partial charge >= 0.3 is 0 Å². The molecule has 1 aromatic heterocycles. The van der Waals surface area contributed by atoms with Crippen LogP contribution in [0.25, 0.3) is 0 Å². The van der Waals surface area contributed by atoms with Crippen LogP contribution in [-0.2, 0) is 6.54 Å². The molecule has 0 atom stereocenters. The summed E-state index contributed by atoms with van der Waals surface area (Å²) in [5.74, 6) is 1.01. The number of aryl methyl sites for hydroxylation is 1. The molecule has 0 spiro atoms. The van der Waals surface area contributed by atoms with Crippen molar-refractivity contribution >= 4 is 0 Å². The first kappa shape index (κ1) is 14.6. The Labute approximate surface area is 116 Å². The zero-order chi connectivity index (χ0) is 13.7. The van der Waals surface area contributed by atoms with Crippen molar-refractivity contribution in [1.82, 2.24) is 4.90 Å². The van der Waals surface area contributed by atoms with Crippen molar-refractivity contribution < 1.29 is 9.52 Å². The van der Waals surface area contributed by atoms with Crippen molar-refractivity contribution in [2.24, 2.45) is 5.41 Å². The number of aliphatic hydroxyl groups excluding tert-OH is 1. The second kappa shape index (κ2) is 6.58. The van der Waals surface area contributed by atoms with Crippen molar-refractivity contribution in [1.29, 1.82) is 0 Å². The zero-order valence-electron chi connectivity index (χ0n) is 12.3. The van der Waals surface area contributed by atoms with Crippen LogP contribution in [-0.4, -0.2) is 30.2 Å². The van der Waals surface area contributed by atoms with Gasteiger partial charge in [0.2, 0.25) is 0 Å². The first-order valence-electron chi connectivity index (χ1n) is 7.48. The Hall–Kier alpha value is -0.800. The van der Waals surface area contributed by atoms with Gasteiger partial charge in [0.15, 0.2) is 0 Å². The third-order valence-corrected chi connectivity index (χ3v) is 4.51. The van der Waals surface area contributed by atoms with Crippen LogP contribution in [0.4, 0.5) is 0 Å². The summed E-state index contributed by atoms with van der Waals surface area (Å²) in [4.78, 5) is 2.33. The SMILES string of the molecule is Cc1occc1CN(C)CC1(CO)CCCCCC1. The molecule has 108 valence electrons. The Bertz CT molecular complexity index is 378. The van der Waals surface area contributed by atoms with Gasteiger partial charge in [-0.1, -0.05) is 25.7 Å². The smallest absolute Gasteiger partial charge is 0.105 e. The number of nitrogens with zero attached hydrogens (tertiary/aromatic N) is 1. The highest BCUT2D eigenvalue weighted by Gasteiger charge is 2.31. The monoisotopic (exact) mass is 265 g/mol. The predicted molar refractivity (Wildman–Crippen MR) is 77.0 cm³/mol. The van der Waals surface area contributed by atoms with Gasteiger partial charge in [0, 0.05) is 30.7 Å². The molecule has 1 aromatic rings. The van der Waals surface area contributed by atoms with Crippen LogP contribution in [0.2, 0.25) is 0 Å². The summed E-state index contributed by atoms with van der Waals surface area (Å²) < 4.78 is 5.35. The number of hydrogen-bond donors (Lipinski definition) is 1. The van der Waals surface area contributed by atoms with Crippen molar-refractivity contribution in [2.75, 3.05) is 20.2 Å². The molecule has 0 aromatic carbocycles. The fourth-order valence-electron chi connectivity index (χ4n) is 3.34. The minimum atomic E-state index is 0.114. The third kappa shape index (κ3) is 3.83. The summed E-state index contributed by atoms with van der Waals surface area (Å²) >= 11 is 0. The summed E-state index contributed by atoms with van der Waals surface area (Å²) in [5, 5.41) is 9.85. The topological polar surface area (TPSA) is 36.6 Å². The van der Waals surface area contributed by atoms with Gasteiger partial charge in [-0.2, -0.15) is 0 Å². The summed E-state index contributed by atoms with van der Waals surface area (Å²) in [6, 6.07) is 2.05. The van der Waals surface area contributed by atoms with Gasteiger partial charge in [0.1, 0.15) is 5.76 Å². The van der Waals surface area contributed by atoms with Crippen molar-refractivity contribution in [3.63, 3.8) is 0 Å².